The minimum atomic E-state index is -0.395. The summed E-state index contributed by atoms with van der Waals surface area (Å²) in [5, 5.41) is 3.36. The lowest BCUT2D eigenvalue weighted by Crippen LogP contribution is -2.14. The molecule has 0 atom stereocenters. The molecule has 98 valence electrons. The third-order valence-corrected chi connectivity index (χ3v) is 3.28. The zero-order valence-corrected chi connectivity index (χ0v) is 12.0. The predicted octanol–water partition coefficient (Wildman–Crippen LogP) is 2.84. The molecule has 0 aliphatic heterocycles. The lowest BCUT2D eigenvalue weighted by molar-refractivity contribution is 0.100. The Kier molecular flexibility index (Phi) is 4.71. The zero-order chi connectivity index (χ0) is 13.7. The van der Waals surface area contributed by atoms with E-state index in [0.29, 0.717) is 5.56 Å². The fourth-order valence-electron chi connectivity index (χ4n) is 1.78. The van der Waals surface area contributed by atoms with E-state index < -0.39 is 5.91 Å². The summed E-state index contributed by atoms with van der Waals surface area (Å²) in [7, 11) is 0. The Morgan fingerprint density at radius 3 is 2.37 bits per heavy atom. The Labute approximate surface area is 121 Å². The Morgan fingerprint density at radius 2 is 1.74 bits per heavy atom. The number of halogens is 1. The van der Waals surface area contributed by atoms with Crippen LogP contribution in [-0.2, 0) is 13.1 Å². The zero-order valence-electron chi connectivity index (χ0n) is 10.4. The maximum absolute atomic E-state index is 10.9. The van der Waals surface area contributed by atoms with Crippen molar-refractivity contribution < 1.29 is 4.79 Å². The molecular formula is C15H15BrN2O. The van der Waals surface area contributed by atoms with Crippen molar-refractivity contribution in [3.63, 3.8) is 0 Å². The van der Waals surface area contributed by atoms with Crippen LogP contribution in [0.1, 0.15) is 21.5 Å². The molecule has 0 aliphatic carbocycles. The Balaban J connectivity index is 1.87. The van der Waals surface area contributed by atoms with Gasteiger partial charge in [-0.2, -0.15) is 0 Å². The first-order chi connectivity index (χ1) is 9.15. The van der Waals surface area contributed by atoms with Gasteiger partial charge in [0.1, 0.15) is 0 Å². The largest absolute Gasteiger partial charge is 0.366 e. The number of benzene rings is 2. The summed E-state index contributed by atoms with van der Waals surface area (Å²) in [6.07, 6.45) is 0. The lowest BCUT2D eigenvalue weighted by Gasteiger charge is -2.06. The molecule has 0 bridgehead atoms. The second-order valence-corrected chi connectivity index (χ2v) is 5.21. The van der Waals surface area contributed by atoms with Crippen molar-refractivity contribution in [3.05, 3.63) is 69.7 Å². The summed E-state index contributed by atoms with van der Waals surface area (Å²) in [5.74, 6) is -0.395. The molecule has 2 aromatic carbocycles. The SMILES string of the molecule is NC(=O)c1ccc(CNCc2cccc(Br)c2)cc1. The molecule has 0 saturated carbocycles. The van der Waals surface area contributed by atoms with Gasteiger partial charge in [-0.05, 0) is 35.4 Å². The molecule has 0 unspecified atom stereocenters. The third kappa shape index (κ3) is 4.19. The van der Waals surface area contributed by atoms with Crippen molar-refractivity contribution >= 4 is 21.8 Å². The fraction of sp³-hybridized carbons (Fsp3) is 0.133. The summed E-state index contributed by atoms with van der Waals surface area (Å²) < 4.78 is 1.08. The minimum Gasteiger partial charge on any atom is -0.366 e. The molecule has 19 heavy (non-hydrogen) atoms. The molecular weight excluding hydrogens is 304 g/mol. The van der Waals surface area contributed by atoms with Crippen molar-refractivity contribution in [2.45, 2.75) is 13.1 Å². The Bertz CT molecular complexity index is 567. The number of hydrogen-bond acceptors (Lipinski definition) is 2. The van der Waals surface area contributed by atoms with E-state index in [0.717, 1.165) is 23.1 Å². The quantitative estimate of drug-likeness (QED) is 0.890. The smallest absolute Gasteiger partial charge is 0.248 e. The molecule has 0 saturated heterocycles. The van der Waals surface area contributed by atoms with E-state index in [2.05, 4.69) is 33.4 Å². The summed E-state index contributed by atoms with van der Waals surface area (Å²) in [4.78, 5) is 10.9. The van der Waals surface area contributed by atoms with Gasteiger partial charge < -0.3 is 11.1 Å². The second kappa shape index (κ2) is 6.50. The number of nitrogens with two attached hydrogens (primary N) is 1. The summed E-state index contributed by atoms with van der Waals surface area (Å²) in [6, 6.07) is 15.5. The normalized spacial score (nSPS) is 10.4. The van der Waals surface area contributed by atoms with Gasteiger partial charge in [-0.15, -0.1) is 0 Å². The maximum atomic E-state index is 10.9. The number of hydrogen-bond donors (Lipinski definition) is 2. The van der Waals surface area contributed by atoms with Crippen molar-refractivity contribution in [2.75, 3.05) is 0 Å². The average molecular weight is 319 g/mol. The van der Waals surface area contributed by atoms with Gasteiger partial charge in [0.2, 0.25) is 5.91 Å². The van der Waals surface area contributed by atoms with E-state index in [4.69, 9.17) is 5.73 Å². The molecule has 0 fully saturated rings. The topological polar surface area (TPSA) is 55.1 Å². The lowest BCUT2D eigenvalue weighted by atomic mass is 10.1. The van der Waals surface area contributed by atoms with E-state index in [1.807, 2.05) is 24.3 Å². The van der Waals surface area contributed by atoms with Gasteiger partial charge >= 0.3 is 0 Å². The van der Waals surface area contributed by atoms with Gasteiger partial charge in [0.15, 0.2) is 0 Å². The van der Waals surface area contributed by atoms with Crippen LogP contribution in [0.5, 0.6) is 0 Å². The van der Waals surface area contributed by atoms with Crippen LogP contribution in [-0.4, -0.2) is 5.91 Å². The number of carbonyl (C=O) groups is 1. The maximum Gasteiger partial charge on any atom is 0.248 e. The number of rotatable bonds is 5. The van der Waals surface area contributed by atoms with Crippen LogP contribution in [0, 0.1) is 0 Å². The van der Waals surface area contributed by atoms with Crippen molar-refractivity contribution in [1.29, 1.82) is 0 Å². The molecule has 3 nitrogen and oxygen atoms in total. The molecule has 0 aromatic heterocycles. The van der Waals surface area contributed by atoms with E-state index in [1.54, 1.807) is 12.1 Å². The monoisotopic (exact) mass is 318 g/mol. The van der Waals surface area contributed by atoms with E-state index in [-0.39, 0.29) is 0 Å². The summed E-state index contributed by atoms with van der Waals surface area (Å²) >= 11 is 3.45. The van der Waals surface area contributed by atoms with Gasteiger partial charge in [-0.1, -0.05) is 40.2 Å². The molecule has 0 spiro atoms. The number of amides is 1. The fourth-order valence-corrected chi connectivity index (χ4v) is 2.23. The number of primary amides is 1. The number of carbonyl (C=O) groups excluding carboxylic acids is 1. The van der Waals surface area contributed by atoms with E-state index in [9.17, 15) is 4.79 Å². The third-order valence-electron chi connectivity index (χ3n) is 2.79. The van der Waals surface area contributed by atoms with E-state index >= 15 is 0 Å². The highest BCUT2D eigenvalue weighted by Gasteiger charge is 2.00. The van der Waals surface area contributed by atoms with Crippen LogP contribution in [0.2, 0.25) is 0 Å². The van der Waals surface area contributed by atoms with Crippen molar-refractivity contribution in [2.24, 2.45) is 5.73 Å². The Morgan fingerprint density at radius 1 is 1.05 bits per heavy atom. The van der Waals surface area contributed by atoms with Crippen LogP contribution in [0.25, 0.3) is 0 Å². The molecule has 3 N–H and O–H groups in total. The van der Waals surface area contributed by atoms with Crippen LogP contribution in [0.15, 0.2) is 53.0 Å². The van der Waals surface area contributed by atoms with Gasteiger partial charge in [-0.25, -0.2) is 0 Å². The minimum absolute atomic E-state index is 0.395. The second-order valence-electron chi connectivity index (χ2n) is 4.29. The van der Waals surface area contributed by atoms with Gasteiger partial charge in [0, 0.05) is 23.1 Å². The van der Waals surface area contributed by atoms with Crippen LogP contribution < -0.4 is 11.1 Å². The summed E-state index contributed by atoms with van der Waals surface area (Å²) in [6.45, 7) is 1.56. The van der Waals surface area contributed by atoms with Gasteiger partial charge in [0.05, 0.1) is 0 Å². The Hall–Kier alpha value is -1.65. The molecule has 0 aliphatic rings. The molecule has 4 heteroatoms. The summed E-state index contributed by atoms with van der Waals surface area (Å²) in [5.41, 5.74) is 8.08. The first-order valence-corrected chi connectivity index (χ1v) is 6.78. The first-order valence-electron chi connectivity index (χ1n) is 5.99. The van der Waals surface area contributed by atoms with Gasteiger partial charge in [-0.3, -0.25) is 4.79 Å². The predicted molar refractivity (Wildman–Crippen MR) is 79.6 cm³/mol. The van der Waals surface area contributed by atoms with Crippen molar-refractivity contribution in [1.82, 2.24) is 5.32 Å². The highest BCUT2D eigenvalue weighted by atomic mass is 79.9. The molecule has 2 rings (SSSR count). The van der Waals surface area contributed by atoms with Crippen LogP contribution in [0.4, 0.5) is 0 Å². The molecule has 0 heterocycles. The number of nitrogens with one attached hydrogen (secondary N) is 1. The van der Waals surface area contributed by atoms with Crippen molar-refractivity contribution in [3.8, 4) is 0 Å². The average Bonchev–Trinajstić information content (AvgIpc) is 2.39. The molecule has 2 aromatic rings. The highest BCUT2D eigenvalue weighted by molar-refractivity contribution is 9.10. The molecule has 0 radical (unpaired) electrons. The standard InChI is InChI=1S/C15H15BrN2O/c16-14-3-1-2-12(8-14)10-18-9-11-4-6-13(7-5-11)15(17)19/h1-8,18H,9-10H2,(H2,17,19). The van der Waals surface area contributed by atoms with Gasteiger partial charge in [0.25, 0.3) is 0 Å². The highest BCUT2D eigenvalue weighted by Crippen LogP contribution is 2.11. The van der Waals surface area contributed by atoms with Crippen LogP contribution >= 0.6 is 15.9 Å². The van der Waals surface area contributed by atoms with Crippen LogP contribution in [0.3, 0.4) is 0 Å². The first kappa shape index (κ1) is 13.8. The molecule has 1 amide bonds. The van der Waals surface area contributed by atoms with E-state index in [1.165, 1.54) is 5.56 Å².